The van der Waals surface area contributed by atoms with E-state index in [1.807, 2.05) is 42.5 Å². The summed E-state index contributed by atoms with van der Waals surface area (Å²) in [5.74, 6) is 0.772. The quantitative estimate of drug-likeness (QED) is 0.887. The van der Waals surface area contributed by atoms with Crippen molar-refractivity contribution in [3.63, 3.8) is 0 Å². The van der Waals surface area contributed by atoms with E-state index < -0.39 is 0 Å². The Labute approximate surface area is 123 Å². The fraction of sp³-hybridized carbons (Fsp3) is 0.250. The van der Waals surface area contributed by atoms with Gasteiger partial charge < -0.3 is 16.0 Å². The van der Waals surface area contributed by atoms with Crippen LogP contribution in [-0.2, 0) is 0 Å². The number of para-hydroxylation sites is 1. The molecule has 0 saturated carbocycles. The van der Waals surface area contributed by atoms with E-state index >= 15 is 0 Å². The van der Waals surface area contributed by atoms with Crippen LogP contribution in [0.5, 0.6) is 0 Å². The molecule has 0 spiro atoms. The molecule has 108 valence electrons. The van der Waals surface area contributed by atoms with Gasteiger partial charge in [0.05, 0.1) is 12.1 Å². The molecule has 0 radical (unpaired) electrons. The van der Waals surface area contributed by atoms with Gasteiger partial charge in [-0.2, -0.15) is 0 Å². The summed E-state index contributed by atoms with van der Waals surface area (Å²) >= 11 is 0. The van der Waals surface area contributed by atoms with Crippen LogP contribution in [0.2, 0.25) is 0 Å². The van der Waals surface area contributed by atoms with Gasteiger partial charge in [-0.05, 0) is 24.3 Å². The standard InChI is InChI=1S/C16H18N4O/c17-13-8-9-20(11-13)15-7-6-12(10-18-15)16(21)19-14-4-2-1-3-5-14/h1-7,10,13H,8-9,11,17H2,(H,19,21)/p+1. The van der Waals surface area contributed by atoms with E-state index in [1.165, 1.54) is 0 Å². The third kappa shape index (κ3) is 3.20. The summed E-state index contributed by atoms with van der Waals surface area (Å²) in [7, 11) is 0. The zero-order valence-electron chi connectivity index (χ0n) is 11.8. The third-order valence-corrected chi connectivity index (χ3v) is 3.65. The highest BCUT2D eigenvalue weighted by atomic mass is 16.1. The normalized spacial score (nSPS) is 17.8. The van der Waals surface area contributed by atoms with E-state index in [4.69, 9.17) is 0 Å². The highest BCUT2D eigenvalue weighted by molar-refractivity contribution is 6.04. The summed E-state index contributed by atoms with van der Waals surface area (Å²) in [5, 5.41) is 2.85. The Morgan fingerprint density at radius 1 is 1.24 bits per heavy atom. The van der Waals surface area contributed by atoms with Crippen molar-refractivity contribution in [1.82, 2.24) is 4.98 Å². The maximum atomic E-state index is 12.1. The number of benzene rings is 1. The largest absolute Gasteiger partial charge is 0.354 e. The fourth-order valence-electron chi connectivity index (χ4n) is 2.47. The molecule has 21 heavy (non-hydrogen) atoms. The molecule has 1 aliphatic rings. The molecule has 1 unspecified atom stereocenters. The second-order valence-corrected chi connectivity index (χ2v) is 5.33. The Hall–Kier alpha value is -2.40. The third-order valence-electron chi connectivity index (χ3n) is 3.65. The number of aromatic nitrogens is 1. The van der Waals surface area contributed by atoms with E-state index in [1.54, 1.807) is 6.20 Å². The van der Waals surface area contributed by atoms with Gasteiger partial charge in [-0.1, -0.05) is 18.2 Å². The lowest BCUT2D eigenvalue weighted by molar-refractivity contribution is -0.412. The SMILES string of the molecule is [NH3+]C1CCN(c2ccc(C(=O)Nc3ccccc3)cn2)C1. The van der Waals surface area contributed by atoms with Gasteiger partial charge in [-0.3, -0.25) is 4.79 Å². The topological polar surface area (TPSA) is 72.9 Å². The molecule has 1 atom stereocenters. The number of pyridine rings is 1. The van der Waals surface area contributed by atoms with E-state index in [2.05, 4.69) is 20.9 Å². The Balaban J connectivity index is 1.68. The van der Waals surface area contributed by atoms with Gasteiger partial charge >= 0.3 is 0 Å². The minimum atomic E-state index is -0.142. The maximum Gasteiger partial charge on any atom is 0.257 e. The second-order valence-electron chi connectivity index (χ2n) is 5.33. The van der Waals surface area contributed by atoms with Crippen molar-refractivity contribution in [1.29, 1.82) is 0 Å². The van der Waals surface area contributed by atoms with Gasteiger partial charge in [-0.25, -0.2) is 4.98 Å². The van der Waals surface area contributed by atoms with E-state index in [0.29, 0.717) is 11.6 Å². The average Bonchev–Trinajstić information content (AvgIpc) is 2.95. The van der Waals surface area contributed by atoms with Crippen molar-refractivity contribution < 1.29 is 10.5 Å². The van der Waals surface area contributed by atoms with E-state index in [0.717, 1.165) is 31.0 Å². The zero-order valence-corrected chi connectivity index (χ0v) is 11.8. The summed E-state index contributed by atoms with van der Waals surface area (Å²) in [6, 6.07) is 13.6. The van der Waals surface area contributed by atoms with Gasteiger partial charge in [0.15, 0.2) is 0 Å². The van der Waals surface area contributed by atoms with Crippen LogP contribution in [0.3, 0.4) is 0 Å². The molecule has 1 fully saturated rings. The number of quaternary nitrogens is 1. The molecule has 1 amide bonds. The van der Waals surface area contributed by atoms with Crippen LogP contribution in [0, 0.1) is 0 Å². The van der Waals surface area contributed by atoms with Crippen molar-refractivity contribution in [2.24, 2.45) is 0 Å². The number of nitrogens with zero attached hydrogens (tertiary/aromatic N) is 2. The van der Waals surface area contributed by atoms with Crippen LogP contribution in [0.25, 0.3) is 0 Å². The molecular formula is C16H19N4O+. The summed E-state index contributed by atoms with van der Waals surface area (Å²) in [4.78, 5) is 18.7. The lowest BCUT2D eigenvalue weighted by Crippen LogP contribution is -2.61. The molecule has 1 aromatic heterocycles. The molecule has 0 bridgehead atoms. The average molecular weight is 283 g/mol. The molecular weight excluding hydrogens is 264 g/mol. The first kappa shape index (κ1) is 13.6. The monoisotopic (exact) mass is 283 g/mol. The Morgan fingerprint density at radius 2 is 2.05 bits per heavy atom. The summed E-state index contributed by atoms with van der Waals surface area (Å²) in [6.07, 6.45) is 2.72. The first-order valence-corrected chi connectivity index (χ1v) is 7.13. The van der Waals surface area contributed by atoms with Crippen molar-refractivity contribution in [3.05, 3.63) is 54.2 Å². The number of carbonyl (C=O) groups excluding carboxylic acids is 1. The summed E-state index contributed by atoms with van der Waals surface area (Å²) < 4.78 is 0. The van der Waals surface area contributed by atoms with Crippen LogP contribution in [0.1, 0.15) is 16.8 Å². The van der Waals surface area contributed by atoms with Crippen LogP contribution in [0.4, 0.5) is 11.5 Å². The predicted molar refractivity (Wildman–Crippen MR) is 82.1 cm³/mol. The van der Waals surface area contributed by atoms with Gasteiger partial charge in [-0.15, -0.1) is 0 Å². The van der Waals surface area contributed by atoms with Crippen LogP contribution in [-0.4, -0.2) is 30.0 Å². The molecule has 4 N–H and O–H groups in total. The molecule has 3 rings (SSSR count). The molecule has 5 heteroatoms. The van der Waals surface area contributed by atoms with Gasteiger partial charge in [0, 0.05) is 24.8 Å². The molecule has 2 heterocycles. The van der Waals surface area contributed by atoms with Gasteiger partial charge in [0.1, 0.15) is 11.9 Å². The lowest BCUT2D eigenvalue weighted by atomic mass is 10.2. The molecule has 1 aromatic carbocycles. The Morgan fingerprint density at radius 3 is 2.67 bits per heavy atom. The number of nitrogens with one attached hydrogen (secondary N) is 1. The minimum Gasteiger partial charge on any atom is -0.354 e. The molecule has 1 aliphatic heterocycles. The van der Waals surface area contributed by atoms with Crippen LogP contribution in [0.15, 0.2) is 48.7 Å². The highest BCUT2D eigenvalue weighted by Crippen LogP contribution is 2.17. The molecule has 1 saturated heterocycles. The predicted octanol–water partition coefficient (Wildman–Crippen LogP) is 1.15. The number of hydrogen-bond donors (Lipinski definition) is 2. The van der Waals surface area contributed by atoms with E-state index in [-0.39, 0.29) is 5.91 Å². The lowest BCUT2D eigenvalue weighted by Gasteiger charge is -2.15. The second kappa shape index (κ2) is 5.93. The Kier molecular flexibility index (Phi) is 3.83. The number of hydrogen-bond acceptors (Lipinski definition) is 3. The van der Waals surface area contributed by atoms with Crippen LogP contribution < -0.4 is 16.0 Å². The minimum absolute atomic E-state index is 0.142. The zero-order chi connectivity index (χ0) is 14.7. The van der Waals surface area contributed by atoms with Crippen molar-refractivity contribution in [2.75, 3.05) is 23.3 Å². The van der Waals surface area contributed by atoms with Gasteiger partial charge in [0.2, 0.25) is 0 Å². The molecule has 2 aromatic rings. The van der Waals surface area contributed by atoms with Crippen molar-refractivity contribution in [3.8, 4) is 0 Å². The number of amides is 1. The number of anilines is 2. The maximum absolute atomic E-state index is 12.1. The van der Waals surface area contributed by atoms with Crippen molar-refractivity contribution in [2.45, 2.75) is 12.5 Å². The summed E-state index contributed by atoms with van der Waals surface area (Å²) in [6.45, 7) is 1.92. The van der Waals surface area contributed by atoms with Crippen LogP contribution >= 0.6 is 0 Å². The fourth-order valence-corrected chi connectivity index (χ4v) is 2.47. The first-order chi connectivity index (χ1) is 10.2. The number of rotatable bonds is 3. The highest BCUT2D eigenvalue weighted by Gasteiger charge is 2.22. The smallest absolute Gasteiger partial charge is 0.257 e. The van der Waals surface area contributed by atoms with Crippen molar-refractivity contribution >= 4 is 17.4 Å². The van der Waals surface area contributed by atoms with Gasteiger partial charge in [0.25, 0.3) is 5.91 Å². The first-order valence-electron chi connectivity index (χ1n) is 7.13. The molecule has 0 aliphatic carbocycles. The molecule has 5 nitrogen and oxygen atoms in total. The van der Waals surface area contributed by atoms with E-state index in [9.17, 15) is 4.79 Å². The Bertz CT molecular complexity index is 612. The number of carbonyl (C=O) groups is 1. The summed E-state index contributed by atoms with van der Waals surface area (Å²) in [5.41, 5.74) is 5.42.